The molecule has 0 aromatic heterocycles. The topological polar surface area (TPSA) is 149 Å². The first-order chi connectivity index (χ1) is 47.3. The van der Waals surface area contributed by atoms with Gasteiger partial charge in [0.2, 0.25) is 5.91 Å². The molecule has 9 heteroatoms. The van der Waals surface area contributed by atoms with E-state index in [0.29, 0.717) is 6.42 Å². The van der Waals surface area contributed by atoms with Crippen LogP contribution in [0.2, 0.25) is 0 Å². The standard InChI is InChI=1S/C87H165NO8/c1-3-5-7-9-11-13-15-17-19-21-23-25-27-29-31-33-35-37-38-39-40-41-42-43-44-45-47-49-51-53-55-57-59-61-63-65-67-69-71-73-75-77-83(91)88-80(79-95-87-86(94)85(93)84(92)82(78-89)96-87)81(90)76-74-72-70-68-66-64-62-60-58-56-54-52-50-48-46-36-34-32-30-28-26-24-22-20-18-16-14-12-10-8-6-4-2/h15,17,21,23,27,29,74,76,80-82,84-87,89-90,92-94H,3-14,16,18-20,22,24-26,28,30-73,75,77-79H2,1-2H3,(H,88,91)/b17-15-,23-21-,29-27-,76-74+. The van der Waals surface area contributed by atoms with Crippen LogP contribution >= 0.6 is 0 Å². The molecule has 1 amide bonds. The second kappa shape index (κ2) is 75.8. The average Bonchev–Trinajstić information content (AvgIpc) is 0.840. The highest BCUT2D eigenvalue weighted by atomic mass is 16.7. The van der Waals surface area contributed by atoms with E-state index in [1.165, 1.54) is 372 Å². The summed E-state index contributed by atoms with van der Waals surface area (Å²) < 4.78 is 11.4. The summed E-state index contributed by atoms with van der Waals surface area (Å²) in [5.41, 5.74) is 0. The van der Waals surface area contributed by atoms with Crippen molar-refractivity contribution in [3.05, 3.63) is 48.6 Å². The number of amides is 1. The largest absolute Gasteiger partial charge is 0.394 e. The van der Waals surface area contributed by atoms with Crippen LogP contribution in [0.5, 0.6) is 0 Å². The molecule has 0 radical (unpaired) electrons. The first-order valence-electron chi connectivity index (χ1n) is 42.9. The number of carbonyl (C=O) groups excluding carboxylic acids is 1. The number of aliphatic hydroxyl groups is 5. The van der Waals surface area contributed by atoms with Crippen LogP contribution in [0.1, 0.15) is 444 Å². The first kappa shape index (κ1) is 92.2. The summed E-state index contributed by atoms with van der Waals surface area (Å²) in [5, 5.41) is 55.0. The number of nitrogens with one attached hydrogen (secondary N) is 1. The van der Waals surface area contributed by atoms with Crippen LogP contribution in [0.15, 0.2) is 48.6 Å². The molecule has 0 spiro atoms. The second-order valence-corrected chi connectivity index (χ2v) is 30.0. The van der Waals surface area contributed by atoms with Gasteiger partial charge in [-0.05, 0) is 57.8 Å². The van der Waals surface area contributed by atoms with E-state index in [1.54, 1.807) is 6.08 Å². The minimum absolute atomic E-state index is 0.167. The van der Waals surface area contributed by atoms with Crippen molar-refractivity contribution in [2.24, 2.45) is 0 Å². The van der Waals surface area contributed by atoms with Crippen LogP contribution < -0.4 is 5.32 Å². The zero-order chi connectivity index (χ0) is 69.2. The van der Waals surface area contributed by atoms with Gasteiger partial charge in [0.05, 0.1) is 25.4 Å². The van der Waals surface area contributed by atoms with Crippen LogP contribution in [-0.4, -0.2) is 87.5 Å². The zero-order valence-corrected chi connectivity index (χ0v) is 63.9. The lowest BCUT2D eigenvalue weighted by Gasteiger charge is -2.40. The third kappa shape index (κ3) is 63.1. The van der Waals surface area contributed by atoms with Crippen molar-refractivity contribution in [3.8, 4) is 0 Å². The Labute approximate surface area is 596 Å². The molecule has 0 saturated carbocycles. The molecule has 0 aromatic carbocycles. The van der Waals surface area contributed by atoms with Crippen LogP contribution in [0.3, 0.4) is 0 Å². The Morgan fingerprint density at radius 1 is 0.354 bits per heavy atom. The Kier molecular flexibility index (Phi) is 72.8. The van der Waals surface area contributed by atoms with Crippen LogP contribution in [0.4, 0.5) is 0 Å². The van der Waals surface area contributed by atoms with E-state index in [9.17, 15) is 30.3 Å². The lowest BCUT2D eigenvalue weighted by atomic mass is 9.99. The van der Waals surface area contributed by atoms with Crippen molar-refractivity contribution in [3.63, 3.8) is 0 Å². The molecule has 6 N–H and O–H groups in total. The summed E-state index contributed by atoms with van der Waals surface area (Å²) in [5.74, 6) is -0.167. The third-order valence-corrected chi connectivity index (χ3v) is 20.6. The fourth-order valence-corrected chi connectivity index (χ4v) is 14.0. The van der Waals surface area contributed by atoms with Crippen molar-refractivity contribution >= 4 is 5.91 Å². The van der Waals surface area contributed by atoms with Gasteiger partial charge in [0.15, 0.2) is 6.29 Å². The summed E-state index contributed by atoms with van der Waals surface area (Å²) in [6, 6.07) is -0.806. The van der Waals surface area contributed by atoms with E-state index in [-0.39, 0.29) is 12.5 Å². The lowest BCUT2D eigenvalue weighted by Crippen LogP contribution is -2.60. The molecule has 1 saturated heterocycles. The van der Waals surface area contributed by atoms with E-state index >= 15 is 0 Å². The molecule has 7 atom stereocenters. The molecule has 1 aliphatic heterocycles. The van der Waals surface area contributed by atoms with Crippen molar-refractivity contribution in [2.45, 2.75) is 487 Å². The Morgan fingerprint density at radius 2 is 0.615 bits per heavy atom. The van der Waals surface area contributed by atoms with Crippen LogP contribution in [-0.2, 0) is 14.3 Å². The minimum atomic E-state index is -1.57. The number of aliphatic hydroxyl groups excluding tert-OH is 5. The van der Waals surface area contributed by atoms with Crippen molar-refractivity contribution < 1.29 is 39.8 Å². The van der Waals surface area contributed by atoms with Gasteiger partial charge in [-0.1, -0.05) is 428 Å². The number of rotatable bonds is 77. The van der Waals surface area contributed by atoms with Gasteiger partial charge in [-0.3, -0.25) is 4.79 Å². The minimum Gasteiger partial charge on any atom is -0.394 e. The van der Waals surface area contributed by atoms with E-state index in [2.05, 4.69) is 55.6 Å². The Morgan fingerprint density at radius 3 is 0.906 bits per heavy atom. The molecule has 566 valence electrons. The third-order valence-electron chi connectivity index (χ3n) is 20.6. The number of hydrogen-bond donors (Lipinski definition) is 6. The molecule has 1 aliphatic rings. The molecule has 1 fully saturated rings. The fourth-order valence-electron chi connectivity index (χ4n) is 14.0. The number of carbonyl (C=O) groups is 1. The maximum Gasteiger partial charge on any atom is 0.220 e. The monoisotopic (exact) mass is 1350 g/mol. The van der Waals surface area contributed by atoms with E-state index in [0.717, 1.165) is 51.4 Å². The van der Waals surface area contributed by atoms with Gasteiger partial charge in [0, 0.05) is 6.42 Å². The van der Waals surface area contributed by atoms with Gasteiger partial charge >= 0.3 is 0 Å². The molecule has 9 nitrogen and oxygen atoms in total. The average molecular weight is 1350 g/mol. The quantitative estimate of drug-likeness (QED) is 0.0261. The Hall–Kier alpha value is -1.85. The van der Waals surface area contributed by atoms with E-state index in [1.807, 2.05) is 6.08 Å². The summed E-state index contributed by atoms with van der Waals surface area (Å²) >= 11 is 0. The van der Waals surface area contributed by atoms with Crippen molar-refractivity contribution in [1.82, 2.24) is 5.32 Å². The van der Waals surface area contributed by atoms with Gasteiger partial charge in [-0.15, -0.1) is 0 Å². The van der Waals surface area contributed by atoms with E-state index in [4.69, 9.17) is 9.47 Å². The smallest absolute Gasteiger partial charge is 0.220 e. The Bertz CT molecular complexity index is 1670. The molecule has 96 heavy (non-hydrogen) atoms. The van der Waals surface area contributed by atoms with Gasteiger partial charge in [0.25, 0.3) is 0 Å². The predicted molar refractivity (Wildman–Crippen MR) is 415 cm³/mol. The highest BCUT2D eigenvalue weighted by Gasteiger charge is 2.44. The summed E-state index contributed by atoms with van der Waals surface area (Å²) in [6.45, 7) is 3.83. The van der Waals surface area contributed by atoms with Crippen molar-refractivity contribution in [1.29, 1.82) is 0 Å². The maximum atomic E-state index is 13.2. The number of unbranched alkanes of at least 4 members (excludes halogenated alkanes) is 61. The van der Waals surface area contributed by atoms with Gasteiger partial charge in [0.1, 0.15) is 24.4 Å². The molecule has 1 rings (SSSR count). The first-order valence-corrected chi connectivity index (χ1v) is 42.9. The molecular weight excluding hydrogens is 1190 g/mol. The number of ether oxygens (including phenoxy) is 2. The predicted octanol–water partition coefficient (Wildman–Crippen LogP) is 25.0. The van der Waals surface area contributed by atoms with Gasteiger partial charge < -0.3 is 40.3 Å². The molecule has 0 bridgehead atoms. The van der Waals surface area contributed by atoms with E-state index < -0.39 is 49.5 Å². The normalized spacial score (nSPS) is 17.6. The van der Waals surface area contributed by atoms with Crippen LogP contribution in [0.25, 0.3) is 0 Å². The van der Waals surface area contributed by atoms with Gasteiger partial charge in [-0.2, -0.15) is 0 Å². The number of hydrogen-bond acceptors (Lipinski definition) is 8. The molecular formula is C87H165NO8. The highest BCUT2D eigenvalue weighted by molar-refractivity contribution is 5.76. The molecule has 1 heterocycles. The number of allylic oxidation sites excluding steroid dienone is 7. The van der Waals surface area contributed by atoms with Crippen LogP contribution in [0, 0.1) is 0 Å². The SMILES string of the molecule is CCCCCCC/C=C\C/C=C\C/C=C\CCCCCCCCCCCCCCCCCCCCCCCCCCCCC(=O)NC(COC1OC(CO)C(O)C(O)C1O)C(O)/C=C/CCCCCCCCCCCCCCCCCCCCCCCCCCCCCCCC. The fraction of sp³-hybridized carbons (Fsp3) is 0.897. The summed E-state index contributed by atoms with van der Waals surface area (Å²) in [7, 11) is 0. The Balaban J connectivity index is 2.03. The summed E-state index contributed by atoms with van der Waals surface area (Å²) in [6.07, 6.45) is 98.6. The van der Waals surface area contributed by atoms with Gasteiger partial charge in [-0.25, -0.2) is 0 Å². The molecule has 0 aliphatic carbocycles. The molecule has 0 aromatic rings. The van der Waals surface area contributed by atoms with Crippen molar-refractivity contribution in [2.75, 3.05) is 13.2 Å². The zero-order valence-electron chi connectivity index (χ0n) is 63.9. The highest BCUT2D eigenvalue weighted by Crippen LogP contribution is 2.24. The second-order valence-electron chi connectivity index (χ2n) is 30.0. The summed E-state index contributed by atoms with van der Waals surface area (Å²) in [4.78, 5) is 13.2. The lowest BCUT2D eigenvalue weighted by molar-refractivity contribution is -0.302. The molecule has 7 unspecified atom stereocenters. The maximum absolute atomic E-state index is 13.2.